The highest BCUT2D eigenvalue weighted by atomic mass is 16.6. The second-order valence-electron chi connectivity index (χ2n) is 4.18. The van der Waals surface area contributed by atoms with Gasteiger partial charge in [0.1, 0.15) is 0 Å². The summed E-state index contributed by atoms with van der Waals surface area (Å²) < 4.78 is 5.36. The molecule has 0 aliphatic rings. The Bertz CT molecular complexity index is 433. The maximum absolute atomic E-state index is 10.8. The van der Waals surface area contributed by atoms with E-state index in [1.165, 1.54) is 6.07 Å². The highest BCUT2D eigenvalue weighted by Crippen LogP contribution is 2.20. The lowest BCUT2D eigenvalue weighted by Crippen LogP contribution is -2.20. The van der Waals surface area contributed by atoms with Gasteiger partial charge in [0.15, 0.2) is 0 Å². The number of hydrogen-bond donors (Lipinski definition) is 1. The van der Waals surface area contributed by atoms with Crippen LogP contribution in [-0.2, 0) is 11.3 Å². The second kappa shape index (κ2) is 8.39. The lowest BCUT2D eigenvalue weighted by Gasteiger charge is -2.08. The second-order valence-corrected chi connectivity index (χ2v) is 4.18. The van der Waals surface area contributed by atoms with E-state index in [1.54, 1.807) is 13.0 Å². The molecule has 0 radical (unpaired) electrons. The van der Waals surface area contributed by atoms with Crippen molar-refractivity contribution in [1.29, 1.82) is 0 Å². The smallest absolute Gasteiger partial charge is 0.272 e. The van der Waals surface area contributed by atoms with E-state index in [-0.39, 0.29) is 10.6 Å². The molecule has 1 rings (SSSR count). The summed E-state index contributed by atoms with van der Waals surface area (Å²) in [5.41, 5.74) is 1.83. The van der Waals surface area contributed by atoms with Gasteiger partial charge in [-0.05, 0) is 18.9 Å². The van der Waals surface area contributed by atoms with Crippen LogP contribution in [0.1, 0.15) is 17.5 Å². The van der Waals surface area contributed by atoms with Gasteiger partial charge in [-0.25, -0.2) is 0 Å². The van der Waals surface area contributed by atoms with Crippen LogP contribution in [0.15, 0.2) is 30.9 Å². The average Bonchev–Trinajstić information content (AvgIpc) is 2.39. The number of nitro groups is 1. The minimum absolute atomic E-state index is 0.168. The third-order valence-electron chi connectivity index (χ3n) is 2.82. The third-order valence-corrected chi connectivity index (χ3v) is 2.82. The van der Waals surface area contributed by atoms with Crippen molar-refractivity contribution in [2.24, 2.45) is 0 Å². The standard InChI is InChI=1S/C14H20N2O3/c1-3-4-9-19-10-8-15-11-13-6-5-7-14(12(13)2)16(17)18/h3,5-7,15H,1,4,8-11H2,2H3. The molecular formula is C14H20N2O3. The highest BCUT2D eigenvalue weighted by Gasteiger charge is 2.12. The van der Waals surface area contributed by atoms with Crippen molar-refractivity contribution >= 4 is 5.69 Å². The molecule has 0 heterocycles. The zero-order valence-electron chi connectivity index (χ0n) is 11.2. The zero-order valence-corrected chi connectivity index (χ0v) is 11.2. The van der Waals surface area contributed by atoms with Gasteiger partial charge in [0, 0.05) is 24.7 Å². The SMILES string of the molecule is C=CCCOCCNCc1cccc([N+](=O)[O-])c1C. The lowest BCUT2D eigenvalue weighted by atomic mass is 10.1. The fourth-order valence-electron chi connectivity index (χ4n) is 1.70. The van der Waals surface area contributed by atoms with Gasteiger partial charge in [0.05, 0.1) is 18.1 Å². The van der Waals surface area contributed by atoms with Gasteiger partial charge in [-0.3, -0.25) is 10.1 Å². The van der Waals surface area contributed by atoms with Crippen molar-refractivity contribution in [3.8, 4) is 0 Å². The van der Waals surface area contributed by atoms with Gasteiger partial charge in [-0.15, -0.1) is 6.58 Å². The summed E-state index contributed by atoms with van der Waals surface area (Å²) in [4.78, 5) is 10.5. The molecule has 0 atom stereocenters. The van der Waals surface area contributed by atoms with E-state index in [1.807, 2.05) is 12.1 Å². The highest BCUT2D eigenvalue weighted by molar-refractivity contribution is 5.44. The number of ether oxygens (including phenoxy) is 1. The van der Waals surface area contributed by atoms with Crippen molar-refractivity contribution in [1.82, 2.24) is 5.32 Å². The topological polar surface area (TPSA) is 64.4 Å². The Hall–Kier alpha value is -1.72. The lowest BCUT2D eigenvalue weighted by molar-refractivity contribution is -0.385. The monoisotopic (exact) mass is 264 g/mol. The van der Waals surface area contributed by atoms with E-state index in [2.05, 4.69) is 11.9 Å². The number of hydrogen-bond acceptors (Lipinski definition) is 4. The maximum Gasteiger partial charge on any atom is 0.272 e. The first-order chi connectivity index (χ1) is 9.16. The molecule has 1 aromatic rings. The first-order valence-electron chi connectivity index (χ1n) is 6.29. The van der Waals surface area contributed by atoms with E-state index >= 15 is 0 Å². The largest absolute Gasteiger partial charge is 0.380 e. The minimum atomic E-state index is -0.350. The molecule has 0 bridgehead atoms. The fraction of sp³-hybridized carbons (Fsp3) is 0.429. The van der Waals surface area contributed by atoms with E-state index < -0.39 is 0 Å². The Labute approximate surface area is 113 Å². The van der Waals surface area contributed by atoms with Crippen LogP contribution in [0.4, 0.5) is 5.69 Å². The third kappa shape index (κ3) is 5.19. The van der Waals surface area contributed by atoms with Gasteiger partial charge in [-0.1, -0.05) is 18.2 Å². The molecule has 0 amide bonds. The van der Waals surface area contributed by atoms with Gasteiger partial charge in [0.2, 0.25) is 0 Å². The molecule has 0 saturated carbocycles. The molecule has 1 N–H and O–H groups in total. The summed E-state index contributed by atoms with van der Waals surface area (Å²) in [6, 6.07) is 5.13. The summed E-state index contributed by atoms with van der Waals surface area (Å²) >= 11 is 0. The van der Waals surface area contributed by atoms with E-state index in [9.17, 15) is 10.1 Å². The van der Waals surface area contributed by atoms with Crippen LogP contribution in [0, 0.1) is 17.0 Å². The first kappa shape index (κ1) is 15.3. The quantitative estimate of drug-likeness (QED) is 0.322. The molecule has 19 heavy (non-hydrogen) atoms. The molecule has 0 fully saturated rings. The average molecular weight is 264 g/mol. The molecule has 0 aliphatic heterocycles. The van der Waals surface area contributed by atoms with Gasteiger partial charge < -0.3 is 10.1 Å². The van der Waals surface area contributed by atoms with Gasteiger partial charge >= 0.3 is 0 Å². The Kier molecular flexibility index (Phi) is 6.78. The van der Waals surface area contributed by atoms with Crippen molar-refractivity contribution in [3.63, 3.8) is 0 Å². The van der Waals surface area contributed by atoms with Crippen LogP contribution in [0.2, 0.25) is 0 Å². The normalized spacial score (nSPS) is 10.4. The number of rotatable bonds is 9. The Morgan fingerprint density at radius 3 is 2.95 bits per heavy atom. The van der Waals surface area contributed by atoms with E-state index in [0.717, 1.165) is 18.5 Å². The molecule has 0 spiro atoms. The Morgan fingerprint density at radius 1 is 1.47 bits per heavy atom. The number of nitrogens with one attached hydrogen (secondary N) is 1. The zero-order chi connectivity index (χ0) is 14.1. The Morgan fingerprint density at radius 2 is 2.26 bits per heavy atom. The molecular weight excluding hydrogens is 244 g/mol. The molecule has 1 aromatic carbocycles. The molecule has 0 saturated heterocycles. The molecule has 104 valence electrons. The number of benzene rings is 1. The molecule has 5 heteroatoms. The van der Waals surface area contributed by atoms with Gasteiger partial charge in [0.25, 0.3) is 5.69 Å². The van der Waals surface area contributed by atoms with Crippen LogP contribution in [0.5, 0.6) is 0 Å². The summed E-state index contributed by atoms with van der Waals surface area (Å²) in [6.07, 6.45) is 2.67. The minimum Gasteiger partial charge on any atom is -0.380 e. The summed E-state index contributed by atoms with van der Waals surface area (Å²) in [5, 5.41) is 14.0. The molecule has 0 unspecified atom stereocenters. The summed E-state index contributed by atoms with van der Waals surface area (Å²) in [6.45, 7) is 8.03. The fourth-order valence-corrected chi connectivity index (χ4v) is 1.70. The Balaban J connectivity index is 2.35. The summed E-state index contributed by atoms with van der Waals surface area (Å²) in [5.74, 6) is 0. The first-order valence-corrected chi connectivity index (χ1v) is 6.29. The molecule has 0 aliphatic carbocycles. The number of nitro benzene ring substituents is 1. The van der Waals surface area contributed by atoms with Crippen molar-refractivity contribution in [3.05, 3.63) is 52.1 Å². The van der Waals surface area contributed by atoms with E-state index in [4.69, 9.17) is 4.74 Å². The maximum atomic E-state index is 10.8. The van der Waals surface area contributed by atoms with Crippen LogP contribution < -0.4 is 5.32 Å². The number of nitrogens with zero attached hydrogens (tertiary/aromatic N) is 1. The van der Waals surface area contributed by atoms with Gasteiger partial charge in [-0.2, -0.15) is 0 Å². The van der Waals surface area contributed by atoms with Crippen molar-refractivity contribution < 1.29 is 9.66 Å². The predicted octanol–water partition coefficient (Wildman–Crippen LogP) is 2.59. The summed E-state index contributed by atoms with van der Waals surface area (Å²) in [7, 11) is 0. The van der Waals surface area contributed by atoms with Crippen LogP contribution >= 0.6 is 0 Å². The van der Waals surface area contributed by atoms with Crippen LogP contribution in [0.25, 0.3) is 0 Å². The van der Waals surface area contributed by atoms with Crippen molar-refractivity contribution in [2.45, 2.75) is 19.9 Å². The predicted molar refractivity (Wildman–Crippen MR) is 75.2 cm³/mol. The van der Waals surface area contributed by atoms with Crippen LogP contribution in [-0.4, -0.2) is 24.7 Å². The molecule has 0 aromatic heterocycles. The molecule has 5 nitrogen and oxygen atoms in total. The van der Waals surface area contributed by atoms with Crippen LogP contribution in [0.3, 0.4) is 0 Å². The van der Waals surface area contributed by atoms with E-state index in [0.29, 0.717) is 25.3 Å². The van der Waals surface area contributed by atoms with Crippen molar-refractivity contribution in [2.75, 3.05) is 19.8 Å².